The van der Waals surface area contributed by atoms with Crippen LogP contribution in [0.5, 0.6) is 5.75 Å². The van der Waals surface area contributed by atoms with Crippen molar-refractivity contribution in [2.75, 3.05) is 19.1 Å². The highest BCUT2D eigenvalue weighted by Gasteiger charge is 2.11. The molecule has 0 aliphatic heterocycles. The summed E-state index contributed by atoms with van der Waals surface area (Å²) in [5, 5.41) is 7.46. The highest BCUT2D eigenvalue weighted by Crippen LogP contribution is 2.23. The van der Waals surface area contributed by atoms with E-state index < -0.39 is 0 Å². The second-order valence-electron chi connectivity index (χ2n) is 4.75. The Balaban J connectivity index is 2.24. The largest absolute Gasteiger partial charge is 0.494 e. The Labute approximate surface area is 123 Å². The average Bonchev–Trinajstić information content (AvgIpc) is 2.49. The molecule has 0 aliphatic rings. The monoisotopic (exact) mass is 287 g/mol. The Bertz CT molecular complexity index is 658. The molecule has 21 heavy (non-hydrogen) atoms. The molecule has 0 unspecified atom stereocenters. The van der Waals surface area contributed by atoms with Crippen molar-refractivity contribution in [3.63, 3.8) is 0 Å². The Hall–Kier alpha value is -2.56. The summed E-state index contributed by atoms with van der Waals surface area (Å²) in [7, 11) is 3.31. The number of halogens is 1. The molecule has 2 rings (SSSR count). The number of rotatable bonds is 5. The SMILES string of the molecule is COc1cccc(CN(C)c2cccc(C(=N)N)c2)c1F. The van der Waals surface area contributed by atoms with E-state index in [0.29, 0.717) is 17.7 Å². The molecule has 0 bridgehead atoms. The van der Waals surface area contributed by atoms with Crippen LogP contribution in [-0.2, 0) is 6.54 Å². The number of nitrogens with two attached hydrogens (primary N) is 1. The lowest BCUT2D eigenvalue weighted by Gasteiger charge is -2.21. The molecule has 0 amide bonds. The summed E-state index contributed by atoms with van der Waals surface area (Å²) in [5.74, 6) is -0.106. The lowest BCUT2D eigenvalue weighted by Crippen LogP contribution is -2.18. The van der Waals surface area contributed by atoms with E-state index in [1.165, 1.54) is 7.11 Å². The number of benzene rings is 2. The molecule has 0 spiro atoms. The molecule has 4 nitrogen and oxygen atoms in total. The topological polar surface area (TPSA) is 62.3 Å². The van der Waals surface area contributed by atoms with Crippen molar-refractivity contribution in [1.82, 2.24) is 0 Å². The van der Waals surface area contributed by atoms with Gasteiger partial charge in [-0.1, -0.05) is 24.3 Å². The van der Waals surface area contributed by atoms with Crippen LogP contribution in [0.15, 0.2) is 42.5 Å². The maximum Gasteiger partial charge on any atom is 0.170 e. The van der Waals surface area contributed by atoms with E-state index in [2.05, 4.69) is 0 Å². The number of nitrogens with one attached hydrogen (secondary N) is 1. The van der Waals surface area contributed by atoms with Gasteiger partial charge in [-0.2, -0.15) is 0 Å². The minimum Gasteiger partial charge on any atom is -0.494 e. The van der Waals surface area contributed by atoms with E-state index in [1.54, 1.807) is 30.3 Å². The highest BCUT2D eigenvalue weighted by molar-refractivity contribution is 5.95. The summed E-state index contributed by atoms with van der Waals surface area (Å²) >= 11 is 0. The molecular formula is C16H18FN3O. The first kappa shape index (κ1) is 14.8. The van der Waals surface area contributed by atoms with Crippen LogP contribution in [0.1, 0.15) is 11.1 Å². The molecular weight excluding hydrogens is 269 g/mol. The number of methoxy groups -OCH3 is 1. The maximum atomic E-state index is 14.2. The molecule has 0 heterocycles. The molecule has 0 fully saturated rings. The van der Waals surface area contributed by atoms with Crippen molar-refractivity contribution >= 4 is 11.5 Å². The van der Waals surface area contributed by atoms with Crippen LogP contribution in [0.25, 0.3) is 0 Å². The third-order valence-electron chi connectivity index (χ3n) is 3.27. The van der Waals surface area contributed by atoms with Crippen molar-refractivity contribution in [1.29, 1.82) is 5.41 Å². The second-order valence-corrected chi connectivity index (χ2v) is 4.75. The van der Waals surface area contributed by atoms with Gasteiger partial charge in [-0.25, -0.2) is 4.39 Å². The van der Waals surface area contributed by atoms with Crippen molar-refractivity contribution in [2.45, 2.75) is 6.54 Å². The van der Waals surface area contributed by atoms with E-state index >= 15 is 0 Å². The summed E-state index contributed by atoms with van der Waals surface area (Å²) in [4.78, 5) is 1.89. The zero-order chi connectivity index (χ0) is 15.4. The Morgan fingerprint density at radius 3 is 2.67 bits per heavy atom. The third kappa shape index (κ3) is 3.31. The van der Waals surface area contributed by atoms with Crippen LogP contribution in [0.3, 0.4) is 0 Å². The first-order valence-electron chi connectivity index (χ1n) is 6.50. The van der Waals surface area contributed by atoms with E-state index in [1.807, 2.05) is 24.1 Å². The quantitative estimate of drug-likeness (QED) is 0.656. The Morgan fingerprint density at radius 2 is 2.00 bits per heavy atom. The molecule has 110 valence electrons. The van der Waals surface area contributed by atoms with Crippen LogP contribution in [0.2, 0.25) is 0 Å². The molecule has 5 heteroatoms. The van der Waals surface area contributed by atoms with Gasteiger partial charge in [0.05, 0.1) is 7.11 Å². The summed E-state index contributed by atoms with van der Waals surface area (Å²) in [6.07, 6.45) is 0. The molecule has 2 aromatic rings. The zero-order valence-corrected chi connectivity index (χ0v) is 12.1. The fraction of sp³-hybridized carbons (Fsp3) is 0.188. The summed E-state index contributed by atoms with van der Waals surface area (Å²) in [6.45, 7) is 0.393. The summed E-state index contributed by atoms with van der Waals surface area (Å²) in [6, 6.07) is 12.4. The number of nitrogens with zero attached hydrogens (tertiary/aromatic N) is 1. The van der Waals surface area contributed by atoms with Gasteiger partial charge in [0, 0.05) is 30.4 Å². The lowest BCUT2D eigenvalue weighted by atomic mass is 10.1. The Morgan fingerprint density at radius 1 is 1.29 bits per heavy atom. The molecule has 3 N–H and O–H groups in total. The molecule has 0 saturated heterocycles. The smallest absolute Gasteiger partial charge is 0.170 e. The van der Waals surface area contributed by atoms with Crippen LogP contribution in [0.4, 0.5) is 10.1 Å². The maximum absolute atomic E-state index is 14.2. The minimum atomic E-state index is -0.352. The van der Waals surface area contributed by atoms with E-state index in [0.717, 1.165) is 5.69 Å². The normalized spacial score (nSPS) is 10.2. The van der Waals surface area contributed by atoms with Gasteiger partial charge in [0.15, 0.2) is 11.6 Å². The van der Waals surface area contributed by atoms with Crippen molar-refractivity contribution in [2.24, 2.45) is 5.73 Å². The van der Waals surface area contributed by atoms with Crippen molar-refractivity contribution in [3.8, 4) is 5.75 Å². The van der Waals surface area contributed by atoms with Crippen LogP contribution in [0, 0.1) is 11.2 Å². The van der Waals surface area contributed by atoms with Gasteiger partial charge < -0.3 is 15.4 Å². The molecule has 0 radical (unpaired) electrons. The van der Waals surface area contributed by atoms with Crippen LogP contribution < -0.4 is 15.4 Å². The van der Waals surface area contributed by atoms with Gasteiger partial charge in [0.1, 0.15) is 5.84 Å². The van der Waals surface area contributed by atoms with Crippen LogP contribution in [-0.4, -0.2) is 20.0 Å². The fourth-order valence-electron chi connectivity index (χ4n) is 2.09. The number of ether oxygens (including phenoxy) is 1. The number of nitrogen functional groups attached to an aromatic ring is 1. The van der Waals surface area contributed by atoms with E-state index in [-0.39, 0.29) is 17.4 Å². The standard InChI is InChI=1S/C16H18FN3O/c1-20(13-7-3-5-11(9-13)16(18)19)10-12-6-4-8-14(21-2)15(12)17/h3-9H,10H2,1-2H3,(H3,18,19). The van der Waals surface area contributed by atoms with Gasteiger partial charge >= 0.3 is 0 Å². The number of anilines is 1. The van der Waals surface area contributed by atoms with Gasteiger partial charge in [-0.05, 0) is 18.2 Å². The third-order valence-corrected chi connectivity index (χ3v) is 3.27. The molecule has 2 aromatic carbocycles. The van der Waals surface area contributed by atoms with Crippen molar-refractivity contribution in [3.05, 3.63) is 59.4 Å². The first-order valence-corrected chi connectivity index (χ1v) is 6.50. The van der Waals surface area contributed by atoms with Gasteiger partial charge in [0.2, 0.25) is 0 Å². The van der Waals surface area contributed by atoms with E-state index in [4.69, 9.17) is 15.9 Å². The molecule has 0 saturated carbocycles. The summed E-state index contributed by atoms with van der Waals surface area (Å²) < 4.78 is 19.1. The predicted molar refractivity (Wildman–Crippen MR) is 82.5 cm³/mol. The summed E-state index contributed by atoms with van der Waals surface area (Å²) in [5.41, 5.74) is 7.54. The van der Waals surface area contributed by atoms with Gasteiger partial charge in [-0.15, -0.1) is 0 Å². The van der Waals surface area contributed by atoms with Crippen LogP contribution >= 0.6 is 0 Å². The number of hydrogen-bond acceptors (Lipinski definition) is 3. The van der Waals surface area contributed by atoms with Gasteiger partial charge in [0.25, 0.3) is 0 Å². The van der Waals surface area contributed by atoms with Crippen molar-refractivity contribution < 1.29 is 9.13 Å². The Kier molecular flexibility index (Phi) is 4.42. The average molecular weight is 287 g/mol. The minimum absolute atomic E-state index is 0.0119. The zero-order valence-electron chi connectivity index (χ0n) is 12.1. The van der Waals surface area contributed by atoms with Gasteiger partial charge in [-0.3, -0.25) is 5.41 Å². The fourth-order valence-corrected chi connectivity index (χ4v) is 2.09. The number of amidine groups is 1. The molecule has 0 aromatic heterocycles. The highest BCUT2D eigenvalue weighted by atomic mass is 19.1. The second kappa shape index (κ2) is 6.26. The van der Waals surface area contributed by atoms with E-state index in [9.17, 15) is 4.39 Å². The predicted octanol–water partition coefficient (Wildman–Crippen LogP) is 2.75. The molecule has 0 atom stereocenters. The lowest BCUT2D eigenvalue weighted by molar-refractivity contribution is 0.384. The number of hydrogen-bond donors (Lipinski definition) is 2. The first-order chi connectivity index (χ1) is 10.0. The molecule has 0 aliphatic carbocycles.